The van der Waals surface area contributed by atoms with Crippen molar-refractivity contribution in [1.82, 2.24) is 15.3 Å². The predicted molar refractivity (Wildman–Crippen MR) is 75.3 cm³/mol. The van der Waals surface area contributed by atoms with Crippen LogP contribution in [0.5, 0.6) is 0 Å². The first-order valence-electron chi connectivity index (χ1n) is 6.57. The molecule has 1 heterocycles. The molecule has 0 amide bonds. The monoisotopic (exact) mass is 254 g/mol. The number of ether oxygens (including phenoxy) is 1. The van der Waals surface area contributed by atoms with Crippen molar-refractivity contribution in [2.75, 3.05) is 27.2 Å². The zero-order valence-electron chi connectivity index (χ0n) is 12.2. The molecule has 2 atom stereocenters. The summed E-state index contributed by atoms with van der Waals surface area (Å²) in [5.41, 5.74) is 4.38. The minimum absolute atomic E-state index is 0.291. The Hall–Kier alpha value is -1.23. The molecule has 5 nitrogen and oxygen atoms in total. The number of rotatable bonds is 5. The lowest BCUT2D eigenvalue weighted by Gasteiger charge is -2.38. The minimum atomic E-state index is 0.291. The number of nitrogens with zero attached hydrogens (tertiary/aromatic N) is 3. The summed E-state index contributed by atoms with van der Waals surface area (Å²) in [6.07, 6.45) is 5.38. The molecule has 18 heavy (non-hydrogen) atoms. The van der Waals surface area contributed by atoms with Crippen LogP contribution in [0.3, 0.4) is 0 Å². The predicted octanol–water partition coefficient (Wildman–Crippen LogP) is 1.44. The zero-order valence-corrected chi connectivity index (χ0v) is 12.2. The highest BCUT2D eigenvalue weighted by Crippen LogP contribution is 2.17. The second kappa shape index (κ2) is 7.26. The average Bonchev–Trinajstić information content (AvgIpc) is 2.32. The van der Waals surface area contributed by atoms with Crippen LogP contribution in [-0.4, -0.2) is 55.6 Å². The maximum Gasteiger partial charge on any atom is 0.101 e. The van der Waals surface area contributed by atoms with Crippen molar-refractivity contribution < 1.29 is 4.74 Å². The molecule has 1 rings (SSSR count). The molecule has 0 bridgehead atoms. The maximum absolute atomic E-state index is 5.76. The Labute approximate surface area is 110 Å². The van der Waals surface area contributed by atoms with E-state index in [1.165, 1.54) is 5.70 Å². The summed E-state index contributed by atoms with van der Waals surface area (Å²) < 4.78 is 5.76. The van der Waals surface area contributed by atoms with E-state index < -0.39 is 0 Å². The number of hydrogen-bond acceptors (Lipinski definition) is 4. The first kappa shape index (κ1) is 14.8. The third kappa shape index (κ3) is 4.56. The Bertz CT molecular complexity index is 293. The Balaban J connectivity index is 2.66. The zero-order chi connectivity index (χ0) is 13.5. The fraction of sp³-hybridized carbons (Fsp3) is 0.769. The molecule has 0 aliphatic carbocycles. The van der Waals surface area contributed by atoms with Gasteiger partial charge in [-0.3, -0.25) is 15.4 Å². The van der Waals surface area contributed by atoms with Crippen molar-refractivity contribution in [2.45, 2.75) is 39.4 Å². The molecule has 0 aromatic carbocycles. The van der Waals surface area contributed by atoms with Crippen LogP contribution in [-0.2, 0) is 4.74 Å². The summed E-state index contributed by atoms with van der Waals surface area (Å²) >= 11 is 0. The van der Waals surface area contributed by atoms with Gasteiger partial charge in [-0.05, 0) is 20.3 Å². The van der Waals surface area contributed by atoms with Crippen LogP contribution in [0.2, 0.25) is 0 Å². The fourth-order valence-electron chi connectivity index (χ4n) is 2.22. The van der Waals surface area contributed by atoms with E-state index >= 15 is 0 Å². The van der Waals surface area contributed by atoms with E-state index in [0.29, 0.717) is 12.2 Å². The first-order valence-corrected chi connectivity index (χ1v) is 6.57. The molecule has 0 radical (unpaired) electrons. The molecular weight excluding hydrogens is 228 g/mol. The highest BCUT2D eigenvalue weighted by molar-refractivity contribution is 5.53. The van der Waals surface area contributed by atoms with Crippen molar-refractivity contribution in [2.24, 2.45) is 4.99 Å². The smallest absolute Gasteiger partial charge is 0.101 e. The molecule has 104 valence electrons. The van der Waals surface area contributed by atoms with Crippen molar-refractivity contribution in [3.05, 3.63) is 11.9 Å². The molecule has 1 saturated heterocycles. The largest absolute Gasteiger partial charge is 0.372 e. The number of hydrogen-bond donors (Lipinski definition) is 1. The quantitative estimate of drug-likeness (QED) is 0.458. The van der Waals surface area contributed by atoms with Gasteiger partial charge in [-0.2, -0.15) is 0 Å². The molecule has 0 aromatic heterocycles. The SMILES string of the molecule is CC/C(=C\N(C)NC=NC)N1C[C@@H](C)O[C@H](C)C1. The molecule has 5 heteroatoms. The molecule has 1 aliphatic heterocycles. The normalized spacial score (nSPS) is 25.6. The van der Waals surface area contributed by atoms with Gasteiger partial charge in [-0.1, -0.05) is 6.92 Å². The maximum atomic E-state index is 5.76. The molecule has 1 fully saturated rings. The van der Waals surface area contributed by atoms with Gasteiger partial charge in [-0.25, -0.2) is 0 Å². The summed E-state index contributed by atoms with van der Waals surface area (Å²) in [6.45, 7) is 8.35. The lowest BCUT2D eigenvalue weighted by Crippen LogP contribution is -2.45. The highest BCUT2D eigenvalue weighted by atomic mass is 16.5. The Morgan fingerprint density at radius 1 is 1.44 bits per heavy atom. The summed E-state index contributed by atoms with van der Waals surface area (Å²) in [6, 6.07) is 0. The molecule has 1 aliphatic rings. The van der Waals surface area contributed by atoms with Crippen LogP contribution in [0.15, 0.2) is 16.9 Å². The topological polar surface area (TPSA) is 40.1 Å². The van der Waals surface area contributed by atoms with Gasteiger partial charge in [0.2, 0.25) is 0 Å². The van der Waals surface area contributed by atoms with E-state index in [9.17, 15) is 0 Å². The molecule has 1 N–H and O–H groups in total. The van der Waals surface area contributed by atoms with E-state index in [2.05, 4.69) is 42.3 Å². The van der Waals surface area contributed by atoms with Crippen molar-refractivity contribution in [3.63, 3.8) is 0 Å². The molecule has 0 unspecified atom stereocenters. The van der Waals surface area contributed by atoms with Gasteiger partial charge in [0.25, 0.3) is 0 Å². The summed E-state index contributed by atoms with van der Waals surface area (Å²) in [4.78, 5) is 6.31. The minimum Gasteiger partial charge on any atom is -0.372 e. The number of nitrogens with one attached hydrogen (secondary N) is 1. The van der Waals surface area contributed by atoms with E-state index in [1.807, 2.05) is 12.1 Å². The average molecular weight is 254 g/mol. The summed E-state index contributed by atoms with van der Waals surface area (Å²) in [5, 5.41) is 1.93. The Morgan fingerprint density at radius 2 is 2.06 bits per heavy atom. The number of aliphatic imine (C=N–C) groups is 1. The number of allylic oxidation sites excluding steroid dienone is 1. The van der Waals surface area contributed by atoms with Gasteiger partial charge in [0.15, 0.2) is 0 Å². The third-order valence-corrected chi connectivity index (χ3v) is 2.92. The second-order valence-corrected chi connectivity index (χ2v) is 4.76. The van der Waals surface area contributed by atoms with Gasteiger partial charge < -0.3 is 9.64 Å². The van der Waals surface area contributed by atoms with Crippen molar-refractivity contribution in [3.8, 4) is 0 Å². The highest BCUT2D eigenvalue weighted by Gasteiger charge is 2.23. The lowest BCUT2D eigenvalue weighted by atomic mass is 10.2. The van der Waals surface area contributed by atoms with E-state index in [4.69, 9.17) is 4.74 Å². The van der Waals surface area contributed by atoms with Crippen LogP contribution >= 0.6 is 0 Å². The Kier molecular flexibility index (Phi) is 5.98. The van der Waals surface area contributed by atoms with Crippen molar-refractivity contribution >= 4 is 6.34 Å². The second-order valence-electron chi connectivity index (χ2n) is 4.76. The Morgan fingerprint density at radius 3 is 2.56 bits per heavy atom. The molecule has 0 saturated carbocycles. The van der Waals surface area contributed by atoms with Gasteiger partial charge in [-0.15, -0.1) is 0 Å². The van der Waals surface area contributed by atoms with Gasteiger partial charge in [0.05, 0.1) is 12.2 Å². The lowest BCUT2D eigenvalue weighted by molar-refractivity contribution is -0.0589. The third-order valence-electron chi connectivity index (χ3n) is 2.92. The standard InChI is InChI=1S/C13H26N4O/c1-6-13(9-16(5)15-10-14-4)17-7-11(2)18-12(3)8-17/h9-12H,6-8H2,1-5H3,(H,14,15)/b13-9+/t11-,12-/m1/s1. The number of hydrazine groups is 1. The van der Waals surface area contributed by atoms with Crippen LogP contribution in [0.1, 0.15) is 27.2 Å². The van der Waals surface area contributed by atoms with E-state index in [-0.39, 0.29) is 0 Å². The van der Waals surface area contributed by atoms with Gasteiger partial charge in [0.1, 0.15) is 6.34 Å². The van der Waals surface area contributed by atoms with Gasteiger partial charge in [0, 0.05) is 39.1 Å². The van der Waals surface area contributed by atoms with Crippen LogP contribution in [0, 0.1) is 0 Å². The molecule has 0 spiro atoms. The first-order chi connectivity index (χ1) is 8.56. The van der Waals surface area contributed by atoms with Crippen LogP contribution in [0.4, 0.5) is 0 Å². The summed E-state index contributed by atoms with van der Waals surface area (Å²) in [7, 11) is 3.72. The van der Waals surface area contributed by atoms with Gasteiger partial charge >= 0.3 is 0 Å². The molecular formula is C13H26N4O. The van der Waals surface area contributed by atoms with E-state index in [0.717, 1.165) is 19.5 Å². The van der Waals surface area contributed by atoms with Crippen molar-refractivity contribution in [1.29, 1.82) is 0 Å². The fourth-order valence-corrected chi connectivity index (χ4v) is 2.22. The van der Waals surface area contributed by atoms with E-state index in [1.54, 1.807) is 13.4 Å². The van der Waals surface area contributed by atoms with Crippen LogP contribution < -0.4 is 5.43 Å². The number of morpholine rings is 1. The molecule has 0 aromatic rings. The summed E-state index contributed by atoms with van der Waals surface area (Å²) in [5.74, 6) is 0. The van der Waals surface area contributed by atoms with Crippen LogP contribution in [0.25, 0.3) is 0 Å².